The van der Waals surface area contributed by atoms with E-state index in [4.69, 9.17) is 4.74 Å². The van der Waals surface area contributed by atoms with E-state index in [1.807, 2.05) is 24.3 Å². The first-order chi connectivity index (χ1) is 9.48. The first-order valence-electron chi connectivity index (χ1n) is 5.82. The zero-order chi connectivity index (χ0) is 14.6. The molecule has 6 heteroatoms. The number of benzene rings is 1. The molecular formula is C14H14O4S2. The second kappa shape index (κ2) is 6.19. The topological polar surface area (TPSA) is 60.4 Å². The average molecular weight is 310 g/mol. The second-order valence-electron chi connectivity index (χ2n) is 4.19. The van der Waals surface area contributed by atoms with E-state index in [2.05, 4.69) is 0 Å². The van der Waals surface area contributed by atoms with E-state index >= 15 is 0 Å². The van der Waals surface area contributed by atoms with E-state index in [1.54, 1.807) is 13.2 Å². The van der Waals surface area contributed by atoms with Crippen LogP contribution in [0.2, 0.25) is 0 Å². The molecule has 2 rings (SSSR count). The van der Waals surface area contributed by atoms with E-state index in [1.165, 1.54) is 11.5 Å². The summed E-state index contributed by atoms with van der Waals surface area (Å²) < 4.78 is 39.2. The maximum atomic E-state index is 11.9. The van der Waals surface area contributed by atoms with Crippen molar-refractivity contribution >= 4 is 20.6 Å². The van der Waals surface area contributed by atoms with Crippen LogP contribution in [-0.4, -0.2) is 19.7 Å². The number of ether oxygens (including phenoxy) is 1. The molecule has 1 unspecified atom stereocenters. The minimum atomic E-state index is -3.22. The summed E-state index contributed by atoms with van der Waals surface area (Å²) in [6.45, 7) is 0. The predicted molar refractivity (Wildman–Crippen MR) is 80.1 cm³/mol. The van der Waals surface area contributed by atoms with E-state index in [9.17, 15) is 12.6 Å². The summed E-state index contributed by atoms with van der Waals surface area (Å²) in [5.74, 6) is 1.13. The van der Waals surface area contributed by atoms with Gasteiger partial charge in [-0.15, -0.1) is 0 Å². The smallest absolute Gasteiger partial charge is 0.193 e. The Labute approximate surface area is 120 Å². The Morgan fingerprint density at radius 3 is 2.50 bits per heavy atom. The normalized spacial score (nSPS) is 18.1. The summed E-state index contributed by atoms with van der Waals surface area (Å²) in [4.78, 5) is 0. The van der Waals surface area contributed by atoms with Crippen LogP contribution in [0, 0.1) is 0 Å². The number of hydrogen-bond acceptors (Lipinski definition) is 4. The van der Waals surface area contributed by atoms with Crippen LogP contribution in [0.25, 0.3) is 0 Å². The van der Waals surface area contributed by atoms with E-state index in [-0.39, 0.29) is 0 Å². The van der Waals surface area contributed by atoms with Gasteiger partial charge in [0, 0.05) is 16.2 Å². The molecular weight excluding hydrogens is 296 g/mol. The van der Waals surface area contributed by atoms with Crippen molar-refractivity contribution in [2.24, 2.45) is 0 Å². The monoisotopic (exact) mass is 310 g/mol. The van der Waals surface area contributed by atoms with Crippen LogP contribution in [0.1, 0.15) is 5.56 Å². The van der Waals surface area contributed by atoms with Crippen LogP contribution in [0.3, 0.4) is 0 Å². The maximum Gasteiger partial charge on any atom is 0.193 e. The highest BCUT2D eigenvalue weighted by Gasteiger charge is 2.08. The first-order valence-corrected chi connectivity index (χ1v) is 8.81. The van der Waals surface area contributed by atoms with Crippen molar-refractivity contribution in [1.82, 2.24) is 0 Å². The van der Waals surface area contributed by atoms with Crippen molar-refractivity contribution in [1.29, 1.82) is 0 Å². The molecule has 0 aromatic heterocycles. The van der Waals surface area contributed by atoms with Crippen molar-refractivity contribution in [2.45, 2.75) is 5.75 Å². The van der Waals surface area contributed by atoms with E-state index < -0.39 is 20.6 Å². The fraction of sp³-hybridized carbons (Fsp3) is 0.143. The number of hydrogen-bond donors (Lipinski definition) is 0. The first kappa shape index (κ1) is 14.7. The molecule has 1 atom stereocenters. The molecule has 106 valence electrons. The van der Waals surface area contributed by atoms with Gasteiger partial charge in [0.05, 0.1) is 23.7 Å². The molecule has 0 radical (unpaired) electrons. The number of sulfone groups is 1. The van der Waals surface area contributed by atoms with Crippen molar-refractivity contribution < 1.29 is 17.4 Å². The van der Waals surface area contributed by atoms with Gasteiger partial charge in [0.15, 0.2) is 9.84 Å². The largest absolute Gasteiger partial charge is 0.497 e. The predicted octanol–water partition coefficient (Wildman–Crippen LogP) is 2.28. The maximum absolute atomic E-state index is 11.9. The SMILES string of the molecule is COc1ccc(CS(=O)C=CC2=CS(=O)(=O)C=C2)cc1. The van der Waals surface area contributed by atoms with Gasteiger partial charge >= 0.3 is 0 Å². The Kier molecular flexibility index (Phi) is 4.57. The van der Waals surface area contributed by atoms with Crippen LogP contribution in [0.5, 0.6) is 5.75 Å². The van der Waals surface area contributed by atoms with E-state index in [0.29, 0.717) is 11.3 Å². The molecule has 0 spiro atoms. The van der Waals surface area contributed by atoms with Gasteiger partial charge in [-0.2, -0.15) is 0 Å². The summed E-state index contributed by atoms with van der Waals surface area (Å²) in [5, 5.41) is 3.77. The number of rotatable bonds is 5. The lowest BCUT2D eigenvalue weighted by Crippen LogP contribution is -1.92. The van der Waals surface area contributed by atoms with Crippen LogP contribution < -0.4 is 4.74 Å². The molecule has 0 aliphatic carbocycles. The van der Waals surface area contributed by atoms with Gasteiger partial charge in [-0.05, 0) is 35.4 Å². The molecule has 1 aromatic rings. The highest BCUT2D eigenvalue weighted by molar-refractivity contribution is 7.97. The van der Waals surface area contributed by atoms with Crippen LogP contribution in [-0.2, 0) is 26.4 Å². The van der Waals surface area contributed by atoms with Gasteiger partial charge in [0.25, 0.3) is 0 Å². The number of methoxy groups -OCH3 is 1. The van der Waals surface area contributed by atoms with Gasteiger partial charge in [-0.3, -0.25) is 4.21 Å². The summed E-state index contributed by atoms with van der Waals surface area (Å²) in [5.41, 5.74) is 1.46. The fourth-order valence-corrected chi connectivity index (χ4v) is 3.51. The molecule has 4 nitrogen and oxygen atoms in total. The Morgan fingerprint density at radius 1 is 1.25 bits per heavy atom. The van der Waals surface area contributed by atoms with Crippen molar-refractivity contribution in [3.05, 3.63) is 63.8 Å². The van der Waals surface area contributed by atoms with Crippen LogP contribution in [0.4, 0.5) is 0 Å². The molecule has 0 fully saturated rings. The molecule has 1 aromatic carbocycles. The Bertz CT molecular complexity index is 695. The third-order valence-corrected chi connectivity index (χ3v) is 4.80. The molecule has 1 aliphatic rings. The molecule has 1 heterocycles. The van der Waals surface area contributed by atoms with Crippen molar-refractivity contribution in [3.8, 4) is 5.75 Å². The fourth-order valence-electron chi connectivity index (χ4n) is 1.63. The minimum absolute atomic E-state index is 0.379. The van der Waals surface area contributed by atoms with E-state index in [0.717, 1.165) is 22.1 Å². The summed E-state index contributed by atoms with van der Waals surface area (Å²) in [6, 6.07) is 7.32. The van der Waals surface area contributed by atoms with Crippen molar-refractivity contribution in [3.63, 3.8) is 0 Å². The lowest BCUT2D eigenvalue weighted by molar-refractivity contribution is 0.414. The Morgan fingerprint density at radius 2 is 1.95 bits per heavy atom. The third kappa shape index (κ3) is 4.18. The molecule has 20 heavy (non-hydrogen) atoms. The molecule has 0 amide bonds. The molecule has 0 saturated heterocycles. The van der Waals surface area contributed by atoms with Crippen LogP contribution in [0.15, 0.2) is 58.2 Å². The number of allylic oxidation sites excluding steroid dienone is 3. The van der Waals surface area contributed by atoms with Gasteiger partial charge in [0.2, 0.25) is 0 Å². The lowest BCUT2D eigenvalue weighted by Gasteiger charge is -2.01. The highest BCUT2D eigenvalue weighted by atomic mass is 32.2. The third-order valence-electron chi connectivity index (χ3n) is 2.63. The highest BCUT2D eigenvalue weighted by Crippen LogP contribution is 2.16. The summed E-state index contributed by atoms with van der Waals surface area (Å²) in [6.07, 6.45) is 3.04. The molecule has 0 saturated carbocycles. The molecule has 0 bridgehead atoms. The quantitative estimate of drug-likeness (QED) is 0.837. The average Bonchev–Trinajstić information content (AvgIpc) is 2.77. The van der Waals surface area contributed by atoms with Gasteiger partial charge in [-0.25, -0.2) is 8.42 Å². The molecule has 0 N–H and O–H groups in total. The van der Waals surface area contributed by atoms with Gasteiger partial charge < -0.3 is 4.74 Å². The Hall–Kier alpha value is -1.66. The summed E-state index contributed by atoms with van der Waals surface area (Å²) in [7, 11) is -2.82. The van der Waals surface area contributed by atoms with Gasteiger partial charge in [-0.1, -0.05) is 12.1 Å². The zero-order valence-corrected chi connectivity index (χ0v) is 12.5. The second-order valence-corrected chi connectivity index (χ2v) is 7.19. The minimum Gasteiger partial charge on any atom is -0.497 e. The van der Waals surface area contributed by atoms with Crippen LogP contribution >= 0.6 is 0 Å². The molecule has 1 aliphatic heterocycles. The van der Waals surface area contributed by atoms with Crippen molar-refractivity contribution in [2.75, 3.05) is 7.11 Å². The lowest BCUT2D eigenvalue weighted by atomic mass is 10.2. The van der Waals surface area contributed by atoms with Gasteiger partial charge in [0.1, 0.15) is 5.75 Å². The zero-order valence-electron chi connectivity index (χ0n) is 10.9. The summed E-state index contributed by atoms with van der Waals surface area (Å²) >= 11 is 0. The standard InChI is InChI=1S/C14H14O4S2/c1-18-14-4-2-12(3-5-14)10-19(15)8-6-13-7-9-20(16,17)11-13/h2-9,11H,10H2,1H3. The Balaban J connectivity index is 1.97.